The van der Waals surface area contributed by atoms with Crippen molar-refractivity contribution in [2.24, 2.45) is 0 Å². The van der Waals surface area contributed by atoms with Crippen LogP contribution in [0, 0.1) is 0 Å². The Morgan fingerprint density at radius 3 is 2.35 bits per heavy atom. The molecule has 1 N–H and O–H groups in total. The number of nitrogens with one attached hydrogen (secondary N) is 1. The topological polar surface area (TPSA) is 63.1 Å². The van der Waals surface area contributed by atoms with Crippen LogP contribution in [0.15, 0.2) is 59.8 Å². The van der Waals surface area contributed by atoms with Gasteiger partial charge in [-0.2, -0.15) is 13.2 Å². The van der Waals surface area contributed by atoms with Gasteiger partial charge in [0, 0.05) is 5.69 Å². The number of likely N-dealkylation sites (tertiary alicyclic amines) is 1. The second kappa shape index (κ2) is 10.6. The van der Waals surface area contributed by atoms with Gasteiger partial charge in [0.15, 0.2) is 5.16 Å². The standard InChI is InChI=1S/C24H26F3N5OS/c1-17(22(33)28-20-11-9-19(10-12-20)24(25,26)27)34-23-30-29-21(16-31-13-5-6-14-31)32(23)15-18-7-3-2-4-8-18/h2-4,7-12,17H,5-6,13-16H2,1H3,(H,28,33). The second-order valence-electron chi connectivity index (χ2n) is 8.28. The van der Waals surface area contributed by atoms with E-state index in [4.69, 9.17) is 0 Å². The summed E-state index contributed by atoms with van der Waals surface area (Å²) in [4.78, 5) is 15.1. The lowest BCUT2D eigenvalue weighted by Gasteiger charge is -2.17. The Morgan fingerprint density at radius 2 is 1.71 bits per heavy atom. The lowest BCUT2D eigenvalue weighted by Crippen LogP contribution is -2.24. The summed E-state index contributed by atoms with van der Waals surface area (Å²) in [6.45, 7) is 5.10. The molecule has 34 heavy (non-hydrogen) atoms. The summed E-state index contributed by atoms with van der Waals surface area (Å²) >= 11 is 1.28. The number of benzene rings is 2. The number of amides is 1. The lowest BCUT2D eigenvalue weighted by atomic mass is 10.2. The molecule has 0 bridgehead atoms. The minimum absolute atomic E-state index is 0.311. The fourth-order valence-electron chi connectivity index (χ4n) is 3.79. The zero-order valence-corrected chi connectivity index (χ0v) is 19.6. The molecular formula is C24H26F3N5OS. The Labute approximate surface area is 200 Å². The van der Waals surface area contributed by atoms with Crippen LogP contribution in [0.4, 0.5) is 18.9 Å². The van der Waals surface area contributed by atoms with E-state index in [1.54, 1.807) is 6.92 Å². The molecule has 1 aliphatic rings. The number of alkyl halides is 3. The maximum Gasteiger partial charge on any atom is 0.416 e. The van der Waals surface area contributed by atoms with E-state index >= 15 is 0 Å². The van der Waals surface area contributed by atoms with Crippen molar-refractivity contribution in [3.05, 3.63) is 71.5 Å². The number of thioether (sulfide) groups is 1. The summed E-state index contributed by atoms with van der Waals surface area (Å²) in [7, 11) is 0. The SMILES string of the molecule is CC(Sc1nnc(CN2CCCC2)n1Cc1ccccc1)C(=O)Nc1ccc(C(F)(F)F)cc1. The highest BCUT2D eigenvalue weighted by atomic mass is 32.2. The molecule has 0 saturated carbocycles. The predicted octanol–water partition coefficient (Wildman–Crippen LogP) is 5.06. The van der Waals surface area contributed by atoms with Gasteiger partial charge in [-0.25, -0.2) is 0 Å². The smallest absolute Gasteiger partial charge is 0.325 e. The van der Waals surface area contributed by atoms with Crippen molar-refractivity contribution in [1.29, 1.82) is 0 Å². The number of aromatic nitrogens is 3. The number of hydrogen-bond donors (Lipinski definition) is 1. The van der Waals surface area contributed by atoms with Crippen LogP contribution in [0.3, 0.4) is 0 Å². The van der Waals surface area contributed by atoms with E-state index in [1.807, 2.05) is 34.9 Å². The third-order valence-electron chi connectivity index (χ3n) is 5.67. The summed E-state index contributed by atoms with van der Waals surface area (Å²) in [6.07, 6.45) is -2.06. The molecular weight excluding hydrogens is 463 g/mol. The summed E-state index contributed by atoms with van der Waals surface area (Å²) in [5.74, 6) is 0.531. The molecule has 0 aliphatic carbocycles. The van der Waals surface area contributed by atoms with E-state index in [0.29, 0.717) is 23.9 Å². The fourth-order valence-corrected chi connectivity index (χ4v) is 4.65. The van der Waals surface area contributed by atoms with Crippen molar-refractivity contribution >= 4 is 23.4 Å². The van der Waals surface area contributed by atoms with Gasteiger partial charge in [0.05, 0.1) is 23.9 Å². The van der Waals surface area contributed by atoms with Crippen molar-refractivity contribution in [2.75, 3.05) is 18.4 Å². The number of hydrogen-bond acceptors (Lipinski definition) is 5. The first-order valence-corrected chi connectivity index (χ1v) is 12.0. The van der Waals surface area contributed by atoms with Crippen LogP contribution in [0.5, 0.6) is 0 Å². The Balaban J connectivity index is 1.46. The molecule has 1 aromatic heterocycles. The van der Waals surface area contributed by atoms with Gasteiger partial charge >= 0.3 is 6.18 Å². The Kier molecular flexibility index (Phi) is 7.57. The molecule has 10 heteroatoms. The fraction of sp³-hybridized carbons (Fsp3) is 0.375. The quantitative estimate of drug-likeness (QED) is 0.448. The zero-order chi connectivity index (χ0) is 24.1. The van der Waals surface area contributed by atoms with Gasteiger partial charge in [-0.05, 0) is 62.7 Å². The number of halogens is 3. The van der Waals surface area contributed by atoms with Crippen LogP contribution in [-0.4, -0.2) is 43.9 Å². The zero-order valence-electron chi connectivity index (χ0n) is 18.8. The van der Waals surface area contributed by atoms with E-state index in [2.05, 4.69) is 20.4 Å². The third kappa shape index (κ3) is 6.18. The molecule has 2 heterocycles. The van der Waals surface area contributed by atoms with Crippen molar-refractivity contribution in [3.8, 4) is 0 Å². The van der Waals surface area contributed by atoms with Crippen molar-refractivity contribution in [3.63, 3.8) is 0 Å². The van der Waals surface area contributed by atoms with Crippen molar-refractivity contribution in [2.45, 2.75) is 49.4 Å². The molecule has 2 aromatic carbocycles. The molecule has 3 aromatic rings. The number of carbonyl (C=O) groups excluding carboxylic acids is 1. The molecule has 1 aliphatic heterocycles. The highest BCUT2D eigenvalue weighted by Crippen LogP contribution is 2.30. The maximum atomic E-state index is 12.8. The average Bonchev–Trinajstić information content (AvgIpc) is 3.45. The Bertz CT molecular complexity index is 1100. The molecule has 1 fully saturated rings. The molecule has 1 atom stereocenters. The van der Waals surface area contributed by atoms with Gasteiger partial charge in [-0.15, -0.1) is 10.2 Å². The Hall–Kier alpha value is -2.85. The van der Waals surface area contributed by atoms with Gasteiger partial charge < -0.3 is 9.88 Å². The van der Waals surface area contributed by atoms with Gasteiger partial charge in [-0.1, -0.05) is 42.1 Å². The first-order chi connectivity index (χ1) is 16.3. The minimum atomic E-state index is -4.42. The Morgan fingerprint density at radius 1 is 1.03 bits per heavy atom. The van der Waals surface area contributed by atoms with E-state index in [1.165, 1.54) is 36.7 Å². The van der Waals surface area contributed by atoms with Crippen molar-refractivity contribution < 1.29 is 18.0 Å². The van der Waals surface area contributed by atoms with Gasteiger partial charge in [0.1, 0.15) is 5.82 Å². The number of carbonyl (C=O) groups is 1. The maximum absolute atomic E-state index is 12.8. The molecule has 0 spiro atoms. The summed E-state index contributed by atoms with van der Waals surface area (Å²) in [5, 5.41) is 11.6. The first-order valence-electron chi connectivity index (χ1n) is 11.1. The van der Waals surface area contributed by atoms with Gasteiger partial charge in [0.25, 0.3) is 0 Å². The number of nitrogens with zero attached hydrogens (tertiary/aromatic N) is 4. The number of rotatable bonds is 8. The molecule has 1 unspecified atom stereocenters. The predicted molar refractivity (Wildman–Crippen MR) is 125 cm³/mol. The largest absolute Gasteiger partial charge is 0.416 e. The summed E-state index contributed by atoms with van der Waals surface area (Å²) in [6, 6.07) is 14.4. The van der Waals surface area contributed by atoms with Crippen LogP contribution in [0.25, 0.3) is 0 Å². The molecule has 6 nitrogen and oxygen atoms in total. The molecule has 1 saturated heterocycles. The van der Waals surface area contributed by atoms with Crippen LogP contribution >= 0.6 is 11.8 Å². The van der Waals surface area contributed by atoms with E-state index in [9.17, 15) is 18.0 Å². The van der Waals surface area contributed by atoms with Crippen molar-refractivity contribution in [1.82, 2.24) is 19.7 Å². The normalized spacial score (nSPS) is 15.4. The van der Waals surface area contributed by atoms with E-state index in [-0.39, 0.29) is 5.91 Å². The van der Waals surface area contributed by atoms with Crippen LogP contribution in [0.1, 0.15) is 36.7 Å². The average molecular weight is 490 g/mol. The highest BCUT2D eigenvalue weighted by Gasteiger charge is 2.30. The second-order valence-corrected chi connectivity index (χ2v) is 9.59. The molecule has 1 amide bonds. The first kappa shape index (κ1) is 24.3. The van der Waals surface area contributed by atoms with E-state index in [0.717, 1.165) is 36.6 Å². The molecule has 4 rings (SSSR count). The van der Waals surface area contributed by atoms with Crippen LogP contribution < -0.4 is 5.32 Å². The third-order valence-corrected chi connectivity index (χ3v) is 6.75. The lowest BCUT2D eigenvalue weighted by molar-refractivity contribution is -0.137. The summed E-state index contributed by atoms with van der Waals surface area (Å²) < 4.78 is 40.3. The summed E-state index contributed by atoms with van der Waals surface area (Å²) in [5.41, 5.74) is 0.659. The minimum Gasteiger partial charge on any atom is -0.325 e. The van der Waals surface area contributed by atoms with E-state index < -0.39 is 17.0 Å². The van der Waals surface area contributed by atoms with Gasteiger partial charge in [0.2, 0.25) is 5.91 Å². The van der Waals surface area contributed by atoms with Crippen LogP contribution in [0.2, 0.25) is 0 Å². The highest BCUT2D eigenvalue weighted by molar-refractivity contribution is 8.00. The van der Waals surface area contributed by atoms with Crippen LogP contribution in [-0.2, 0) is 24.1 Å². The number of anilines is 1. The monoisotopic (exact) mass is 489 g/mol. The molecule has 180 valence electrons. The molecule has 0 radical (unpaired) electrons. The van der Waals surface area contributed by atoms with Gasteiger partial charge in [-0.3, -0.25) is 9.69 Å².